The fraction of sp³-hybridized carbons (Fsp3) is 0.626. The summed E-state index contributed by atoms with van der Waals surface area (Å²) in [4.78, 5) is 58.9. The Morgan fingerprint density at radius 1 is 0.239 bits per heavy atom. The molecule has 664 valence electrons. The zero-order chi connectivity index (χ0) is 85.1. The van der Waals surface area contributed by atoms with Crippen molar-refractivity contribution in [2.75, 3.05) is 39.6 Å². The van der Waals surface area contributed by atoms with Gasteiger partial charge in [-0.15, -0.1) is 0 Å². The number of hydrogen-bond acceptors (Lipinski definition) is 14. The van der Waals surface area contributed by atoms with Gasteiger partial charge in [-0.05, 0) is 154 Å². The van der Waals surface area contributed by atoms with E-state index in [2.05, 4.69) is 209 Å². The first-order valence-corrected chi connectivity index (χ1v) is 48.4. The molecule has 18 heteroatoms. The minimum absolute atomic E-state index is 0.0284. The van der Waals surface area contributed by atoms with E-state index in [1.807, 2.05) is 18.2 Å². The van der Waals surface area contributed by atoms with Crippen LogP contribution in [0.4, 0.5) is 0 Å². The van der Waals surface area contributed by atoms with Gasteiger partial charge in [-0.2, -0.15) is 0 Å². The van der Waals surface area contributed by atoms with Crippen LogP contribution in [0.1, 0.15) is 342 Å². The fourth-order valence-electron chi connectivity index (χ4n) is 11.7. The number of carbonyl (C=O) groups is 3. The summed E-state index contributed by atoms with van der Waals surface area (Å²) in [6.45, 7) is 2.26. The summed E-state index contributed by atoms with van der Waals surface area (Å²) in [5.74, 6) is -1.68. The highest BCUT2D eigenvalue weighted by atomic mass is 31.2. The molecule has 0 bridgehead atoms. The molecule has 0 heterocycles. The number of allylic oxidation sites excluding steroid dienone is 34. The Hall–Kier alpha value is -5.87. The van der Waals surface area contributed by atoms with Gasteiger partial charge in [0.2, 0.25) is 0 Å². The van der Waals surface area contributed by atoms with E-state index in [0.717, 1.165) is 154 Å². The van der Waals surface area contributed by atoms with Crippen molar-refractivity contribution in [3.8, 4) is 0 Å². The van der Waals surface area contributed by atoms with E-state index < -0.39 is 91.5 Å². The number of esters is 3. The van der Waals surface area contributed by atoms with Crippen molar-refractivity contribution in [2.24, 2.45) is 0 Å². The molecule has 0 aromatic carbocycles. The molecule has 16 nitrogen and oxygen atoms in total. The van der Waals surface area contributed by atoms with Gasteiger partial charge >= 0.3 is 33.6 Å². The van der Waals surface area contributed by atoms with Crippen LogP contribution in [0, 0.1) is 0 Å². The maximum absolute atomic E-state index is 13.0. The molecule has 0 aromatic heterocycles. The van der Waals surface area contributed by atoms with Crippen molar-refractivity contribution in [1.29, 1.82) is 0 Å². The first-order valence-electron chi connectivity index (χ1n) is 45.4. The number of unbranched alkanes of at least 4 members (excludes halogenated alkanes) is 27. The highest BCUT2D eigenvalue weighted by Crippen LogP contribution is 2.45. The first-order chi connectivity index (χ1) is 57.2. The molecule has 117 heavy (non-hydrogen) atoms. The minimum Gasteiger partial charge on any atom is -0.463 e. The smallest absolute Gasteiger partial charge is 0.463 e. The van der Waals surface area contributed by atoms with E-state index in [1.54, 1.807) is 0 Å². The number of aliphatic hydroxyl groups excluding tert-OH is 2. The number of phosphoric ester groups is 2. The van der Waals surface area contributed by atoms with Crippen LogP contribution in [0.3, 0.4) is 0 Å². The van der Waals surface area contributed by atoms with Crippen LogP contribution in [-0.2, 0) is 55.8 Å². The van der Waals surface area contributed by atoms with E-state index in [1.165, 1.54) is 122 Å². The fourth-order valence-corrected chi connectivity index (χ4v) is 13.3. The van der Waals surface area contributed by atoms with E-state index in [-0.39, 0.29) is 19.3 Å². The Morgan fingerprint density at radius 3 is 0.709 bits per heavy atom. The highest BCUT2D eigenvalue weighted by molar-refractivity contribution is 7.47. The van der Waals surface area contributed by atoms with Gasteiger partial charge in [0.05, 0.1) is 26.4 Å². The number of carbonyl (C=O) groups excluding carboxylic acids is 3. The van der Waals surface area contributed by atoms with Gasteiger partial charge in [0.25, 0.3) is 0 Å². The Bertz CT molecular complexity index is 2960. The minimum atomic E-state index is -4.97. The number of ether oxygens (including phenoxy) is 3. The molecule has 0 aliphatic heterocycles. The predicted octanol–water partition coefficient (Wildman–Crippen LogP) is 28.0. The molecule has 5 unspecified atom stereocenters. The van der Waals surface area contributed by atoms with Gasteiger partial charge in [0.1, 0.15) is 25.4 Å². The summed E-state index contributed by atoms with van der Waals surface area (Å²) in [5, 5.41) is 20.7. The van der Waals surface area contributed by atoms with Crippen molar-refractivity contribution < 1.29 is 75.8 Å². The number of phosphoric acid groups is 2. The van der Waals surface area contributed by atoms with Crippen LogP contribution in [0.5, 0.6) is 0 Å². The van der Waals surface area contributed by atoms with Crippen LogP contribution >= 0.6 is 15.6 Å². The van der Waals surface area contributed by atoms with Gasteiger partial charge in [0, 0.05) is 19.3 Å². The summed E-state index contributed by atoms with van der Waals surface area (Å²) >= 11 is 0. The Kier molecular flexibility index (Phi) is 84.9. The van der Waals surface area contributed by atoms with Gasteiger partial charge in [-0.25, -0.2) is 9.13 Å². The third-order valence-electron chi connectivity index (χ3n) is 18.5. The molecule has 0 radical (unpaired) electrons. The standard InChI is InChI=1S/C99H162O16P2/c1-4-7-10-13-16-19-22-25-28-31-34-36-38-40-42-44-45-46-47-49-51-52-54-56-59-61-64-67-70-73-76-79-82-85-97(102)109-88-94(100)89-111-116(105,106)112-90-95(101)91-113-117(107,108)114-93-96(115-99(104)87-84-81-78-75-72-69-66-63-58-33-30-27-24-21-18-15-12-9-6-3)92-110-98(103)86-83-80-77-74-71-68-65-62-60-57-55-53-50-48-43-41-39-37-35-32-29-26-23-20-17-14-11-8-5-2/h7-12,16-21,25-30,34-37,40-43,50,53,58,63,69,72,78,81,94-96,100-101H,4-6,13-15,22-24,31-33,38-39,44-49,51-52,54-57,59-62,64-68,70-71,73-77,79-80,82-93H2,1-3H3,(H,105,106)(H,107,108)/b10-7-,11-8-,12-9-,19-16-,20-17-,21-18-,28-25-,29-26-,30-27-,36-34-,37-35-,42-40-,43-41-,53-50-,63-58-,72-69-,81-78-. The van der Waals surface area contributed by atoms with Crippen LogP contribution in [0.15, 0.2) is 207 Å². The average Bonchev–Trinajstić information content (AvgIpc) is 0.899. The summed E-state index contributed by atoms with van der Waals surface area (Å²) in [7, 11) is -9.84. The second-order valence-corrected chi connectivity index (χ2v) is 32.5. The summed E-state index contributed by atoms with van der Waals surface area (Å²) in [5.41, 5.74) is 0. The predicted molar refractivity (Wildman–Crippen MR) is 491 cm³/mol. The van der Waals surface area contributed by atoms with E-state index in [0.29, 0.717) is 25.7 Å². The van der Waals surface area contributed by atoms with Gasteiger partial charge < -0.3 is 34.2 Å². The SMILES string of the molecule is CC/C=C\C/C=C\C/C=C\C/C=C\C/C=C\C/C=C\CCCCCCCCCCCCC(=O)OCC(COP(=O)(O)OCC(O)COP(=O)(O)OCC(O)COC(=O)CCCCCCCCCCCCCCCCCCC/C=C\C/C=C\C/C=C\C/C=C\C/C=C\CC)OC(=O)CC/C=C\C/C=C\C/C=C\C/C=C\C/C=C\C/C=C\CC. The third kappa shape index (κ3) is 90.7. The quantitative estimate of drug-likeness (QED) is 0.0146. The van der Waals surface area contributed by atoms with Crippen LogP contribution < -0.4 is 0 Å². The molecule has 0 spiro atoms. The number of hydrogen-bond donors (Lipinski definition) is 4. The molecule has 0 aromatic rings. The number of rotatable bonds is 84. The Balaban J connectivity index is 4.59. The van der Waals surface area contributed by atoms with Crippen molar-refractivity contribution in [1.82, 2.24) is 0 Å². The topological polar surface area (TPSA) is 231 Å². The molecule has 0 aliphatic rings. The number of aliphatic hydroxyl groups is 2. The zero-order valence-electron chi connectivity index (χ0n) is 73.0. The molecule has 0 saturated carbocycles. The van der Waals surface area contributed by atoms with Crippen LogP contribution in [-0.4, -0.2) is 95.9 Å². The lowest BCUT2D eigenvalue weighted by Gasteiger charge is -2.21. The molecule has 0 amide bonds. The third-order valence-corrected chi connectivity index (χ3v) is 20.4. The zero-order valence-corrected chi connectivity index (χ0v) is 74.8. The van der Waals surface area contributed by atoms with E-state index in [9.17, 15) is 43.5 Å². The van der Waals surface area contributed by atoms with Crippen molar-refractivity contribution in [3.63, 3.8) is 0 Å². The first kappa shape index (κ1) is 111. The van der Waals surface area contributed by atoms with Crippen molar-refractivity contribution in [2.45, 2.75) is 360 Å². The Morgan fingerprint density at radius 2 is 0.444 bits per heavy atom. The normalized spacial score (nSPS) is 14.8. The maximum Gasteiger partial charge on any atom is 0.472 e. The van der Waals surface area contributed by atoms with Crippen LogP contribution in [0.25, 0.3) is 0 Å². The van der Waals surface area contributed by atoms with Crippen molar-refractivity contribution in [3.05, 3.63) is 207 Å². The second kappa shape index (κ2) is 89.4. The van der Waals surface area contributed by atoms with Crippen molar-refractivity contribution >= 4 is 33.6 Å². The Labute approximate surface area is 711 Å². The van der Waals surface area contributed by atoms with Gasteiger partial charge in [0.15, 0.2) is 6.10 Å². The summed E-state index contributed by atoms with van der Waals surface area (Å²) in [6.07, 6.45) is 120. The molecule has 0 rings (SSSR count). The molecular weight excluding hydrogens is 1510 g/mol. The molecule has 5 atom stereocenters. The largest absolute Gasteiger partial charge is 0.472 e. The lowest BCUT2D eigenvalue weighted by Crippen LogP contribution is -2.29. The average molecular weight is 1670 g/mol. The molecule has 0 saturated heterocycles. The van der Waals surface area contributed by atoms with Gasteiger partial charge in [-0.3, -0.25) is 32.5 Å². The van der Waals surface area contributed by atoms with Crippen LogP contribution in [0.2, 0.25) is 0 Å². The molecule has 4 N–H and O–H groups in total. The lowest BCUT2D eigenvalue weighted by atomic mass is 10.0. The molecule has 0 fully saturated rings. The molecular formula is C99H162O16P2. The monoisotopic (exact) mass is 1670 g/mol. The summed E-state index contributed by atoms with van der Waals surface area (Å²) in [6, 6.07) is 0. The second-order valence-electron chi connectivity index (χ2n) is 29.6. The lowest BCUT2D eigenvalue weighted by molar-refractivity contribution is -0.161. The highest BCUT2D eigenvalue weighted by Gasteiger charge is 2.29. The van der Waals surface area contributed by atoms with E-state index >= 15 is 0 Å². The summed E-state index contributed by atoms with van der Waals surface area (Å²) < 4.78 is 61.3. The van der Waals surface area contributed by atoms with E-state index in [4.69, 9.17) is 32.3 Å². The maximum atomic E-state index is 13.0. The molecule has 0 aliphatic carbocycles. The van der Waals surface area contributed by atoms with Gasteiger partial charge in [-0.1, -0.05) is 375 Å².